The third-order valence-electron chi connectivity index (χ3n) is 4.42. The smallest absolute Gasteiger partial charge is 0.244 e. The van der Waals surface area contributed by atoms with Crippen LogP contribution < -0.4 is 0 Å². The maximum Gasteiger partial charge on any atom is 0.244 e. The van der Waals surface area contributed by atoms with Gasteiger partial charge in [0.2, 0.25) is 5.91 Å². The van der Waals surface area contributed by atoms with Crippen LogP contribution in [0.2, 0.25) is 0 Å². The van der Waals surface area contributed by atoms with Gasteiger partial charge in [0, 0.05) is 12.7 Å². The van der Waals surface area contributed by atoms with E-state index < -0.39 is 0 Å². The summed E-state index contributed by atoms with van der Waals surface area (Å²) in [6.07, 6.45) is 3.13. The highest BCUT2D eigenvalue weighted by Gasteiger charge is 2.25. The summed E-state index contributed by atoms with van der Waals surface area (Å²) in [7, 11) is 0. The van der Waals surface area contributed by atoms with Crippen molar-refractivity contribution in [3.8, 4) is 11.4 Å². The van der Waals surface area contributed by atoms with Crippen LogP contribution >= 0.6 is 0 Å². The van der Waals surface area contributed by atoms with Crippen molar-refractivity contribution in [3.05, 3.63) is 66.2 Å². The molecule has 0 aliphatic carbocycles. The predicted molar refractivity (Wildman–Crippen MR) is 94.9 cm³/mol. The quantitative estimate of drug-likeness (QED) is 0.706. The van der Waals surface area contributed by atoms with Gasteiger partial charge in [-0.3, -0.25) is 9.78 Å². The van der Waals surface area contributed by atoms with Crippen molar-refractivity contribution in [1.82, 2.24) is 24.9 Å². The van der Waals surface area contributed by atoms with Crippen LogP contribution in [0, 0.1) is 5.82 Å². The molecule has 27 heavy (non-hydrogen) atoms. The van der Waals surface area contributed by atoms with E-state index in [0.717, 1.165) is 5.56 Å². The number of pyridine rings is 1. The Kier molecular flexibility index (Phi) is 4.88. The second-order valence-electron chi connectivity index (χ2n) is 6.27. The normalized spacial score (nSPS) is 17.1. The Morgan fingerprint density at radius 2 is 2.04 bits per heavy atom. The van der Waals surface area contributed by atoms with Crippen molar-refractivity contribution in [3.63, 3.8) is 0 Å². The highest BCUT2D eigenvalue weighted by Crippen LogP contribution is 2.22. The monoisotopic (exact) mass is 367 g/mol. The Morgan fingerprint density at radius 3 is 2.81 bits per heavy atom. The van der Waals surface area contributed by atoms with Gasteiger partial charge in [0.25, 0.3) is 0 Å². The molecule has 1 aromatic carbocycles. The number of aromatic nitrogens is 4. The first-order valence-corrected chi connectivity index (χ1v) is 8.65. The zero-order valence-corrected chi connectivity index (χ0v) is 14.5. The van der Waals surface area contributed by atoms with Gasteiger partial charge < -0.3 is 9.64 Å². The molecule has 1 unspecified atom stereocenters. The second kappa shape index (κ2) is 7.63. The molecule has 3 aromatic rings. The number of ether oxygens (including phenoxy) is 1. The van der Waals surface area contributed by atoms with Crippen LogP contribution in [0.15, 0.2) is 54.9 Å². The molecule has 138 valence electrons. The van der Waals surface area contributed by atoms with E-state index in [9.17, 15) is 9.18 Å². The lowest BCUT2D eigenvalue weighted by atomic mass is 10.1. The Balaban J connectivity index is 1.41. The van der Waals surface area contributed by atoms with Crippen LogP contribution in [0.3, 0.4) is 0 Å². The van der Waals surface area contributed by atoms with Crippen molar-refractivity contribution in [2.45, 2.75) is 12.6 Å². The maximum absolute atomic E-state index is 13.1. The molecule has 4 rings (SSSR count). The Hall–Kier alpha value is -3.13. The molecule has 8 heteroatoms. The molecule has 3 heterocycles. The van der Waals surface area contributed by atoms with Gasteiger partial charge in [-0.05, 0) is 29.8 Å². The molecule has 2 aromatic heterocycles. The molecule has 1 saturated heterocycles. The first kappa shape index (κ1) is 17.3. The predicted octanol–water partition coefficient (Wildman–Crippen LogP) is 2.08. The number of halogens is 1. The van der Waals surface area contributed by atoms with Crippen molar-refractivity contribution in [1.29, 1.82) is 0 Å². The lowest BCUT2D eigenvalue weighted by Crippen LogP contribution is -2.43. The summed E-state index contributed by atoms with van der Waals surface area (Å²) < 4.78 is 20.3. The van der Waals surface area contributed by atoms with Gasteiger partial charge in [0.05, 0.1) is 25.0 Å². The van der Waals surface area contributed by atoms with E-state index in [0.29, 0.717) is 31.1 Å². The molecule has 1 fully saturated rings. The van der Waals surface area contributed by atoms with Gasteiger partial charge in [-0.1, -0.05) is 23.4 Å². The molecule has 1 amide bonds. The number of rotatable bonds is 4. The van der Waals surface area contributed by atoms with Gasteiger partial charge in [-0.25, -0.2) is 9.07 Å². The maximum atomic E-state index is 13.1. The lowest BCUT2D eigenvalue weighted by Gasteiger charge is -2.33. The van der Waals surface area contributed by atoms with Crippen LogP contribution in [-0.2, 0) is 16.1 Å². The van der Waals surface area contributed by atoms with Gasteiger partial charge >= 0.3 is 0 Å². The molecule has 0 saturated carbocycles. The number of hydrogen-bond acceptors (Lipinski definition) is 5. The SMILES string of the molecule is O=C(Cn1cc(-c2ccccn2)nn1)N1CCOC(c2ccc(F)cc2)C1. The van der Waals surface area contributed by atoms with Crippen LogP contribution in [0.5, 0.6) is 0 Å². The Morgan fingerprint density at radius 1 is 1.19 bits per heavy atom. The standard InChI is InChI=1S/C19H18FN5O2/c20-15-6-4-14(5-7-15)18-12-24(9-10-27-18)19(26)13-25-11-17(22-23-25)16-3-1-2-8-21-16/h1-8,11,18H,9-10,12-13H2. The highest BCUT2D eigenvalue weighted by atomic mass is 19.1. The number of carbonyl (C=O) groups is 1. The molecule has 1 aliphatic rings. The van der Waals surface area contributed by atoms with E-state index in [-0.39, 0.29) is 24.4 Å². The number of benzene rings is 1. The fraction of sp³-hybridized carbons (Fsp3) is 0.263. The summed E-state index contributed by atoms with van der Waals surface area (Å²) in [6.45, 7) is 1.46. The van der Waals surface area contributed by atoms with Crippen molar-refractivity contribution in [2.24, 2.45) is 0 Å². The molecule has 7 nitrogen and oxygen atoms in total. The van der Waals surface area contributed by atoms with Crippen LogP contribution in [0.25, 0.3) is 11.4 Å². The molecule has 1 atom stereocenters. The Bertz CT molecular complexity index is 913. The minimum atomic E-state index is -0.294. The van der Waals surface area contributed by atoms with Gasteiger partial charge in [0.1, 0.15) is 24.2 Å². The van der Waals surface area contributed by atoms with E-state index in [4.69, 9.17) is 4.74 Å². The average molecular weight is 367 g/mol. The van der Waals surface area contributed by atoms with Crippen LogP contribution in [-0.4, -0.2) is 50.5 Å². The molecular formula is C19H18FN5O2. The molecule has 0 N–H and O–H groups in total. The number of nitrogens with zero attached hydrogens (tertiary/aromatic N) is 5. The summed E-state index contributed by atoms with van der Waals surface area (Å²) in [5.74, 6) is -0.361. The first-order chi connectivity index (χ1) is 13.2. The molecular weight excluding hydrogens is 349 g/mol. The summed E-state index contributed by atoms with van der Waals surface area (Å²) in [5, 5.41) is 8.10. The summed E-state index contributed by atoms with van der Waals surface area (Å²) in [5.41, 5.74) is 2.18. The van der Waals surface area contributed by atoms with Crippen molar-refractivity contribution >= 4 is 5.91 Å². The zero-order chi connectivity index (χ0) is 18.6. The van der Waals surface area contributed by atoms with Crippen LogP contribution in [0.4, 0.5) is 4.39 Å². The van der Waals surface area contributed by atoms with E-state index in [2.05, 4.69) is 15.3 Å². The molecule has 0 bridgehead atoms. The first-order valence-electron chi connectivity index (χ1n) is 8.65. The largest absolute Gasteiger partial charge is 0.370 e. The van der Waals surface area contributed by atoms with E-state index in [1.54, 1.807) is 29.4 Å². The fourth-order valence-corrected chi connectivity index (χ4v) is 3.00. The Labute approximate surface area is 155 Å². The minimum absolute atomic E-state index is 0.0668. The van der Waals surface area contributed by atoms with Gasteiger partial charge in [-0.2, -0.15) is 0 Å². The second-order valence-corrected chi connectivity index (χ2v) is 6.27. The molecule has 0 spiro atoms. The fourth-order valence-electron chi connectivity index (χ4n) is 3.00. The van der Waals surface area contributed by atoms with E-state index in [1.807, 2.05) is 18.2 Å². The lowest BCUT2D eigenvalue weighted by molar-refractivity contribution is -0.139. The summed E-state index contributed by atoms with van der Waals surface area (Å²) in [4.78, 5) is 18.6. The average Bonchev–Trinajstić information content (AvgIpc) is 3.18. The highest BCUT2D eigenvalue weighted by molar-refractivity contribution is 5.76. The van der Waals surface area contributed by atoms with Crippen LogP contribution in [0.1, 0.15) is 11.7 Å². The topological polar surface area (TPSA) is 73.1 Å². The van der Waals surface area contributed by atoms with Crippen molar-refractivity contribution < 1.29 is 13.9 Å². The van der Waals surface area contributed by atoms with E-state index >= 15 is 0 Å². The zero-order valence-electron chi connectivity index (χ0n) is 14.5. The summed E-state index contributed by atoms with van der Waals surface area (Å²) in [6, 6.07) is 11.7. The molecule has 0 radical (unpaired) electrons. The minimum Gasteiger partial charge on any atom is -0.370 e. The number of morpholine rings is 1. The number of carbonyl (C=O) groups excluding carboxylic acids is 1. The summed E-state index contributed by atoms with van der Waals surface area (Å²) >= 11 is 0. The third kappa shape index (κ3) is 4.01. The van der Waals surface area contributed by atoms with E-state index in [1.165, 1.54) is 16.8 Å². The van der Waals surface area contributed by atoms with Gasteiger partial charge in [0.15, 0.2) is 0 Å². The third-order valence-corrected chi connectivity index (χ3v) is 4.42. The van der Waals surface area contributed by atoms with Crippen molar-refractivity contribution in [2.75, 3.05) is 19.7 Å². The molecule has 1 aliphatic heterocycles. The van der Waals surface area contributed by atoms with Gasteiger partial charge in [-0.15, -0.1) is 5.10 Å². The number of amides is 1. The number of hydrogen-bond donors (Lipinski definition) is 0.